The summed E-state index contributed by atoms with van der Waals surface area (Å²) in [5.74, 6) is 2.39. The van der Waals surface area contributed by atoms with Gasteiger partial charge in [0.25, 0.3) is 0 Å². The maximum atomic E-state index is 6.77. The average molecular weight is 493 g/mol. The molecule has 4 heteroatoms. The summed E-state index contributed by atoms with van der Waals surface area (Å²) >= 11 is 0. The van der Waals surface area contributed by atoms with E-state index >= 15 is 0 Å². The topological polar surface area (TPSA) is 56.5 Å². The lowest BCUT2D eigenvalue weighted by Gasteiger charge is -2.29. The number of rotatable bonds is 12. The van der Waals surface area contributed by atoms with Crippen LogP contribution in [0.4, 0.5) is 5.69 Å². The van der Waals surface area contributed by atoms with Gasteiger partial charge in [0.2, 0.25) is 0 Å². The van der Waals surface area contributed by atoms with E-state index in [0.717, 1.165) is 80.7 Å². The number of hydrogen-bond donors (Lipinski definition) is 2. The van der Waals surface area contributed by atoms with Crippen LogP contribution >= 0.6 is 0 Å². The quantitative estimate of drug-likeness (QED) is 0.306. The summed E-state index contributed by atoms with van der Waals surface area (Å²) in [5.41, 5.74) is 13.8. The van der Waals surface area contributed by atoms with E-state index in [1.165, 1.54) is 28.7 Å². The van der Waals surface area contributed by atoms with Crippen molar-refractivity contribution in [1.82, 2.24) is 0 Å². The molecule has 3 N–H and O–H groups in total. The van der Waals surface area contributed by atoms with Gasteiger partial charge in [-0.15, -0.1) is 0 Å². The Morgan fingerprint density at radius 2 is 1.97 bits per heavy atom. The van der Waals surface area contributed by atoms with Crippen LogP contribution in [0.15, 0.2) is 48.4 Å². The number of nitrogens with two attached hydrogens (primary N) is 1. The molecule has 0 amide bonds. The van der Waals surface area contributed by atoms with Crippen LogP contribution in [0.25, 0.3) is 5.57 Å². The largest absolute Gasteiger partial charge is 0.498 e. The van der Waals surface area contributed by atoms with Gasteiger partial charge in [0.1, 0.15) is 5.75 Å². The van der Waals surface area contributed by atoms with Gasteiger partial charge in [0.05, 0.1) is 24.2 Å². The molecule has 1 heterocycles. The lowest BCUT2D eigenvalue weighted by atomic mass is 9.83. The first-order valence-corrected chi connectivity index (χ1v) is 14.2. The van der Waals surface area contributed by atoms with Gasteiger partial charge in [-0.2, -0.15) is 0 Å². The van der Waals surface area contributed by atoms with Crippen molar-refractivity contribution in [3.63, 3.8) is 0 Å². The Labute approximate surface area is 219 Å². The average Bonchev–Trinajstić information content (AvgIpc) is 2.86. The molecule has 0 fully saturated rings. The van der Waals surface area contributed by atoms with Crippen molar-refractivity contribution in [2.75, 3.05) is 11.9 Å². The zero-order chi connectivity index (χ0) is 26.1. The third kappa shape index (κ3) is 6.64. The molecule has 0 aromatic heterocycles. The molecule has 36 heavy (non-hydrogen) atoms. The summed E-state index contributed by atoms with van der Waals surface area (Å²) in [6.07, 6.45) is 18.4. The van der Waals surface area contributed by atoms with Gasteiger partial charge in [-0.25, -0.2) is 0 Å². The predicted molar refractivity (Wildman–Crippen MR) is 154 cm³/mol. The predicted octanol–water partition coefficient (Wildman–Crippen LogP) is 8.92. The zero-order valence-electron chi connectivity index (χ0n) is 23.3. The molecular formula is C32H48N2O2. The van der Waals surface area contributed by atoms with E-state index in [2.05, 4.69) is 70.8 Å². The molecular weight excluding hydrogens is 444 g/mol. The number of benzene rings is 1. The van der Waals surface area contributed by atoms with E-state index in [9.17, 15) is 0 Å². The first-order chi connectivity index (χ1) is 17.4. The first kappa shape index (κ1) is 28.1. The van der Waals surface area contributed by atoms with Crippen LogP contribution in [0.1, 0.15) is 121 Å². The second-order valence-electron chi connectivity index (χ2n) is 10.3. The number of anilines is 1. The van der Waals surface area contributed by atoms with Crippen LogP contribution in [-0.4, -0.2) is 12.7 Å². The highest BCUT2D eigenvalue weighted by atomic mass is 16.5. The fourth-order valence-electron chi connectivity index (χ4n) is 5.31. The Morgan fingerprint density at radius 3 is 2.64 bits per heavy atom. The Bertz CT molecular complexity index is 986. The molecule has 0 saturated heterocycles. The second kappa shape index (κ2) is 13.7. The number of unbranched alkanes of at least 4 members (excludes halogenated alkanes) is 1. The highest BCUT2D eigenvalue weighted by molar-refractivity contribution is 5.85. The maximum absolute atomic E-state index is 6.77. The fraction of sp³-hybridized carbons (Fsp3) is 0.562. The van der Waals surface area contributed by atoms with Crippen molar-refractivity contribution in [3.8, 4) is 5.75 Å². The first-order valence-electron chi connectivity index (χ1n) is 14.2. The molecule has 0 bridgehead atoms. The van der Waals surface area contributed by atoms with Crippen LogP contribution in [-0.2, 0) is 4.74 Å². The molecule has 0 radical (unpaired) electrons. The normalized spacial score (nSPS) is 18.2. The van der Waals surface area contributed by atoms with Crippen molar-refractivity contribution in [2.24, 2.45) is 5.73 Å². The number of ether oxygens (including phenoxy) is 2. The summed E-state index contributed by atoms with van der Waals surface area (Å²) in [5, 5.41) is 3.50. The number of allylic oxidation sites excluding steroid dienone is 6. The molecule has 3 atom stereocenters. The molecule has 1 aliphatic carbocycles. The Morgan fingerprint density at radius 1 is 1.17 bits per heavy atom. The van der Waals surface area contributed by atoms with Gasteiger partial charge in [-0.3, -0.25) is 0 Å². The van der Waals surface area contributed by atoms with Crippen LogP contribution in [0.5, 0.6) is 5.75 Å². The smallest absolute Gasteiger partial charge is 0.127 e. The maximum Gasteiger partial charge on any atom is 0.127 e. The molecule has 3 rings (SSSR count). The molecule has 198 valence electrons. The minimum absolute atomic E-state index is 0.171. The lowest BCUT2D eigenvalue weighted by Crippen LogP contribution is -2.20. The van der Waals surface area contributed by atoms with E-state index in [4.69, 9.17) is 15.2 Å². The summed E-state index contributed by atoms with van der Waals surface area (Å²) in [6.45, 7) is 15.9. The lowest BCUT2D eigenvalue weighted by molar-refractivity contribution is 0.180. The summed E-state index contributed by atoms with van der Waals surface area (Å²) in [6, 6.07) is 2.09. The summed E-state index contributed by atoms with van der Waals surface area (Å²) in [7, 11) is 0. The summed E-state index contributed by atoms with van der Waals surface area (Å²) in [4.78, 5) is 0. The van der Waals surface area contributed by atoms with Gasteiger partial charge < -0.3 is 20.5 Å². The van der Waals surface area contributed by atoms with Crippen molar-refractivity contribution < 1.29 is 9.47 Å². The minimum atomic E-state index is -0.175. The molecule has 1 aliphatic heterocycles. The van der Waals surface area contributed by atoms with Crippen molar-refractivity contribution in [3.05, 3.63) is 65.1 Å². The fourth-order valence-corrected chi connectivity index (χ4v) is 5.31. The molecule has 1 aromatic rings. The Hall–Kier alpha value is -2.46. The SMILES string of the molecule is C=CNc1c(C(C)N)c(OC(CC)CCCC)cc(C2=CC3=C(CCC=C2)OCCC3)c1C(C)CC. The monoisotopic (exact) mass is 492 g/mol. The van der Waals surface area contributed by atoms with Crippen LogP contribution in [0, 0.1) is 0 Å². The molecule has 3 unspecified atom stereocenters. The van der Waals surface area contributed by atoms with Crippen LogP contribution in [0.3, 0.4) is 0 Å². The van der Waals surface area contributed by atoms with Crippen LogP contribution < -0.4 is 15.8 Å². The third-order valence-corrected chi connectivity index (χ3v) is 7.51. The van der Waals surface area contributed by atoms with E-state index in [1.54, 1.807) is 6.20 Å². The Kier molecular flexibility index (Phi) is 10.7. The van der Waals surface area contributed by atoms with E-state index in [-0.39, 0.29) is 12.1 Å². The van der Waals surface area contributed by atoms with Crippen molar-refractivity contribution in [1.29, 1.82) is 0 Å². The second-order valence-corrected chi connectivity index (χ2v) is 10.3. The number of nitrogens with one attached hydrogen (secondary N) is 1. The van der Waals surface area contributed by atoms with Crippen LogP contribution in [0.2, 0.25) is 0 Å². The van der Waals surface area contributed by atoms with Gasteiger partial charge in [0, 0.05) is 18.0 Å². The van der Waals surface area contributed by atoms with Gasteiger partial charge in [-0.05, 0) is 92.0 Å². The Balaban J connectivity index is 2.29. The highest BCUT2D eigenvalue weighted by Gasteiger charge is 2.26. The van der Waals surface area contributed by atoms with E-state index < -0.39 is 0 Å². The molecule has 4 nitrogen and oxygen atoms in total. The highest BCUT2D eigenvalue weighted by Crippen LogP contribution is 2.45. The minimum Gasteiger partial charge on any atom is -0.498 e. The zero-order valence-corrected chi connectivity index (χ0v) is 23.3. The van der Waals surface area contributed by atoms with Gasteiger partial charge in [-0.1, -0.05) is 59.3 Å². The molecule has 1 aromatic carbocycles. The van der Waals surface area contributed by atoms with Crippen molar-refractivity contribution in [2.45, 2.75) is 110 Å². The van der Waals surface area contributed by atoms with Crippen molar-refractivity contribution >= 4 is 11.3 Å². The summed E-state index contributed by atoms with van der Waals surface area (Å²) < 4.78 is 12.8. The molecule has 0 spiro atoms. The molecule has 2 aliphatic rings. The van der Waals surface area contributed by atoms with Gasteiger partial charge >= 0.3 is 0 Å². The van der Waals surface area contributed by atoms with Gasteiger partial charge in [0.15, 0.2) is 0 Å². The molecule has 0 saturated carbocycles. The number of hydrogen-bond acceptors (Lipinski definition) is 4. The van der Waals surface area contributed by atoms with E-state index in [1.807, 2.05) is 0 Å². The standard InChI is InChI=1S/C32H48N2O2/c1-7-11-17-26(9-3)36-29-21-27(24-15-12-13-18-28-25(20-24)16-14-19-35-28)30(22(5)8-2)32(34-10-4)31(29)23(6)33/h10,12,15,20-23,26,34H,4,7-9,11,13-14,16-19,33H2,1-3,5-6H3. The third-order valence-electron chi connectivity index (χ3n) is 7.51. The van der Waals surface area contributed by atoms with E-state index in [0.29, 0.717) is 5.92 Å².